The largest absolute Gasteiger partial charge is 0.462 e. The summed E-state index contributed by atoms with van der Waals surface area (Å²) in [6.45, 7) is 12.8. The van der Waals surface area contributed by atoms with Crippen LogP contribution < -0.4 is 0 Å². The average Bonchev–Trinajstić information content (AvgIpc) is 3.25. The first kappa shape index (κ1) is 21.6. The first-order valence-electron chi connectivity index (χ1n) is 9.30. The molecule has 0 atom stereocenters. The molecule has 0 radical (unpaired) electrons. The summed E-state index contributed by atoms with van der Waals surface area (Å²) in [6.07, 6.45) is 5.24. The van der Waals surface area contributed by atoms with Gasteiger partial charge in [0.1, 0.15) is 17.1 Å². The zero-order valence-electron chi connectivity index (χ0n) is 16.4. The fourth-order valence-electron chi connectivity index (χ4n) is 3.13. The highest BCUT2D eigenvalue weighted by Crippen LogP contribution is 2.31. The number of thiophene rings is 1. The van der Waals surface area contributed by atoms with Gasteiger partial charge in [-0.15, -0.1) is 24.5 Å². The van der Waals surface area contributed by atoms with Gasteiger partial charge < -0.3 is 14.3 Å². The van der Waals surface area contributed by atoms with Gasteiger partial charge in [-0.05, 0) is 37.6 Å². The van der Waals surface area contributed by atoms with Gasteiger partial charge in [0.15, 0.2) is 0 Å². The van der Waals surface area contributed by atoms with Crippen molar-refractivity contribution < 1.29 is 14.3 Å². The molecule has 5 heteroatoms. The third-order valence-electron chi connectivity index (χ3n) is 4.46. The van der Waals surface area contributed by atoms with E-state index in [1.807, 2.05) is 23.5 Å². The van der Waals surface area contributed by atoms with Crippen molar-refractivity contribution in [3.8, 4) is 0 Å². The van der Waals surface area contributed by atoms with E-state index in [2.05, 4.69) is 37.1 Å². The Kier molecular flexibility index (Phi) is 8.51. The van der Waals surface area contributed by atoms with Gasteiger partial charge in [0.05, 0.1) is 6.54 Å². The number of methoxy groups -OCH3 is 1. The van der Waals surface area contributed by atoms with Crippen molar-refractivity contribution in [1.29, 1.82) is 0 Å². The van der Waals surface area contributed by atoms with E-state index < -0.39 is 5.60 Å². The Morgan fingerprint density at radius 2 is 1.93 bits per heavy atom. The fraction of sp³-hybridized carbons (Fsp3) is 0.455. The van der Waals surface area contributed by atoms with Gasteiger partial charge in [-0.2, -0.15) is 0 Å². The first-order chi connectivity index (χ1) is 13.0. The second-order valence-electron chi connectivity index (χ2n) is 6.85. The van der Waals surface area contributed by atoms with Crippen molar-refractivity contribution in [2.45, 2.75) is 44.9 Å². The molecule has 27 heavy (non-hydrogen) atoms. The molecular formula is C22H31NO3S. The van der Waals surface area contributed by atoms with Gasteiger partial charge in [-0.3, -0.25) is 4.90 Å². The molecule has 2 rings (SSSR count). The van der Waals surface area contributed by atoms with Crippen molar-refractivity contribution in [3.63, 3.8) is 0 Å². The monoisotopic (exact) mass is 389 g/mol. The second kappa shape index (κ2) is 10.6. The van der Waals surface area contributed by atoms with Gasteiger partial charge in [-0.25, -0.2) is 0 Å². The lowest BCUT2D eigenvalue weighted by atomic mass is 9.93. The minimum Gasteiger partial charge on any atom is -0.462 e. The summed E-state index contributed by atoms with van der Waals surface area (Å²) < 4.78 is 11.2. The summed E-state index contributed by atoms with van der Waals surface area (Å²) >= 11 is 1.82. The number of ether oxygens (including phenoxy) is 1. The van der Waals surface area contributed by atoms with Crippen LogP contribution in [0.2, 0.25) is 0 Å². The van der Waals surface area contributed by atoms with Crippen molar-refractivity contribution in [2.24, 2.45) is 0 Å². The number of aryl methyl sites for hydroxylation is 1. The summed E-state index contributed by atoms with van der Waals surface area (Å²) in [5, 5.41) is 10.9. The lowest BCUT2D eigenvalue weighted by Gasteiger charge is -2.23. The van der Waals surface area contributed by atoms with E-state index in [9.17, 15) is 5.11 Å². The Bertz CT molecular complexity index is 709. The number of nitrogens with zero attached hydrogens (tertiary/aromatic N) is 1. The second-order valence-corrected chi connectivity index (χ2v) is 8.22. The van der Waals surface area contributed by atoms with Crippen LogP contribution in [0.5, 0.6) is 0 Å². The zero-order chi connectivity index (χ0) is 19.7. The smallest absolute Gasteiger partial charge is 0.136 e. The molecule has 1 N–H and O–H groups in total. The molecule has 4 nitrogen and oxygen atoms in total. The van der Waals surface area contributed by atoms with Crippen LogP contribution in [0, 0.1) is 6.92 Å². The van der Waals surface area contributed by atoms with Gasteiger partial charge in [0.25, 0.3) is 0 Å². The van der Waals surface area contributed by atoms with Crippen LogP contribution >= 0.6 is 11.3 Å². The van der Waals surface area contributed by atoms with Crippen molar-refractivity contribution in [1.82, 2.24) is 4.90 Å². The highest BCUT2D eigenvalue weighted by atomic mass is 32.1. The molecule has 0 bridgehead atoms. The summed E-state index contributed by atoms with van der Waals surface area (Å²) in [6, 6.07) is 8.16. The molecule has 0 aliphatic carbocycles. The molecule has 0 amide bonds. The Morgan fingerprint density at radius 3 is 2.52 bits per heavy atom. The van der Waals surface area contributed by atoms with Crippen LogP contribution in [0.15, 0.2) is 54.0 Å². The molecule has 0 saturated carbocycles. The molecule has 148 valence electrons. The van der Waals surface area contributed by atoms with Gasteiger partial charge in [0, 0.05) is 49.4 Å². The van der Waals surface area contributed by atoms with Gasteiger partial charge in [-0.1, -0.05) is 12.2 Å². The third kappa shape index (κ3) is 6.47. The van der Waals surface area contributed by atoms with Crippen molar-refractivity contribution in [3.05, 3.63) is 70.9 Å². The Labute approximate surface area is 166 Å². The van der Waals surface area contributed by atoms with Gasteiger partial charge in [0.2, 0.25) is 0 Å². The zero-order valence-corrected chi connectivity index (χ0v) is 17.3. The maximum atomic E-state index is 10.9. The standard InChI is InChI=1S/C22H31NO3S/c1-5-12-22(24,13-6-2)21-11-9-19(26-21)16-23(14-7-15-25-4)17-20-10-8-18(3)27-20/h5-6,8-11,24H,1-2,7,12-17H2,3-4H3. The molecule has 2 aromatic rings. The highest BCUT2D eigenvalue weighted by Gasteiger charge is 2.30. The topological polar surface area (TPSA) is 45.8 Å². The number of hydrogen-bond acceptors (Lipinski definition) is 5. The number of furan rings is 1. The third-order valence-corrected chi connectivity index (χ3v) is 5.45. The first-order valence-corrected chi connectivity index (χ1v) is 10.1. The minimum atomic E-state index is -1.08. The average molecular weight is 390 g/mol. The molecule has 0 unspecified atom stereocenters. The van der Waals surface area contributed by atoms with Crippen molar-refractivity contribution in [2.75, 3.05) is 20.3 Å². The number of hydrogen-bond donors (Lipinski definition) is 1. The summed E-state index contributed by atoms with van der Waals surface area (Å²) in [5.74, 6) is 1.42. The molecule has 0 aliphatic heterocycles. The predicted octanol–water partition coefficient (Wildman–Crippen LogP) is 5.03. The Balaban J connectivity index is 2.10. The molecule has 0 saturated heterocycles. The van der Waals surface area contributed by atoms with Crippen LogP contribution in [0.1, 0.15) is 40.5 Å². The molecule has 0 spiro atoms. The lowest BCUT2D eigenvalue weighted by molar-refractivity contribution is 0.0186. The van der Waals surface area contributed by atoms with Crippen LogP contribution in [0.3, 0.4) is 0 Å². The van der Waals surface area contributed by atoms with E-state index in [1.165, 1.54) is 9.75 Å². The summed E-state index contributed by atoms with van der Waals surface area (Å²) in [5.41, 5.74) is -1.08. The van der Waals surface area contributed by atoms with Crippen molar-refractivity contribution >= 4 is 11.3 Å². The molecule has 2 heterocycles. The maximum Gasteiger partial charge on any atom is 0.136 e. The summed E-state index contributed by atoms with van der Waals surface area (Å²) in [4.78, 5) is 5.01. The quantitative estimate of drug-likeness (QED) is 0.386. The van der Waals surface area contributed by atoms with Crippen LogP contribution in [-0.4, -0.2) is 30.3 Å². The predicted molar refractivity (Wildman–Crippen MR) is 112 cm³/mol. The van der Waals surface area contributed by atoms with Crippen LogP contribution in [-0.2, 0) is 23.4 Å². The van der Waals surface area contributed by atoms with E-state index >= 15 is 0 Å². The van der Waals surface area contributed by atoms with E-state index in [4.69, 9.17) is 9.15 Å². The van der Waals surface area contributed by atoms with Gasteiger partial charge >= 0.3 is 0 Å². The molecule has 0 fully saturated rings. The van der Waals surface area contributed by atoms with E-state index in [0.717, 1.165) is 31.9 Å². The molecule has 0 aromatic carbocycles. The molecule has 2 aromatic heterocycles. The lowest BCUT2D eigenvalue weighted by Crippen LogP contribution is -2.25. The molecule has 0 aliphatic rings. The number of rotatable bonds is 13. The summed E-state index contributed by atoms with van der Waals surface area (Å²) in [7, 11) is 1.73. The van der Waals surface area contributed by atoms with E-state index in [-0.39, 0.29) is 0 Å². The Hall–Kier alpha value is -1.66. The normalized spacial score (nSPS) is 11.9. The van der Waals surface area contributed by atoms with Crippen LogP contribution in [0.25, 0.3) is 0 Å². The minimum absolute atomic E-state index is 0.429. The SMILES string of the molecule is C=CCC(O)(CC=C)c1ccc(CN(CCCOC)Cc2ccc(C)s2)o1. The Morgan fingerprint density at radius 1 is 1.19 bits per heavy atom. The van der Waals surface area contributed by atoms with E-state index in [0.29, 0.717) is 25.1 Å². The van der Waals surface area contributed by atoms with Crippen LogP contribution in [0.4, 0.5) is 0 Å². The maximum absolute atomic E-state index is 10.9. The number of aliphatic hydroxyl groups is 1. The molecular weight excluding hydrogens is 358 g/mol. The fourth-order valence-corrected chi connectivity index (χ4v) is 4.07. The van der Waals surface area contributed by atoms with E-state index in [1.54, 1.807) is 19.3 Å². The highest BCUT2D eigenvalue weighted by molar-refractivity contribution is 7.11.